The van der Waals surface area contributed by atoms with Crippen LogP contribution in [0.3, 0.4) is 0 Å². The molecule has 0 spiro atoms. The summed E-state index contributed by atoms with van der Waals surface area (Å²) in [6, 6.07) is 5.73. The SMILES string of the molecule is CCCCNC(=O)C(C)Nc1ccc(Br)c(I)c1. The first-order valence-corrected chi connectivity index (χ1v) is 7.91. The molecule has 18 heavy (non-hydrogen) atoms. The zero-order valence-corrected chi connectivity index (χ0v) is 14.3. The molecule has 0 aliphatic heterocycles. The number of amides is 1. The van der Waals surface area contributed by atoms with Gasteiger partial charge in [0.05, 0.1) is 0 Å². The third-order valence-electron chi connectivity index (χ3n) is 2.53. The number of carbonyl (C=O) groups excluding carboxylic acids is 1. The zero-order valence-electron chi connectivity index (χ0n) is 10.6. The van der Waals surface area contributed by atoms with E-state index in [1.54, 1.807) is 0 Å². The molecule has 0 fully saturated rings. The van der Waals surface area contributed by atoms with Crippen molar-refractivity contribution in [1.82, 2.24) is 5.32 Å². The summed E-state index contributed by atoms with van der Waals surface area (Å²) in [6.07, 6.45) is 2.11. The molecule has 0 aromatic heterocycles. The molecule has 0 bridgehead atoms. The normalized spacial score (nSPS) is 12.0. The maximum atomic E-state index is 11.8. The Labute approximate surface area is 130 Å². The van der Waals surface area contributed by atoms with Crippen molar-refractivity contribution in [3.63, 3.8) is 0 Å². The predicted molar refractivity (Wildman–Crippen MR) is 87.9 cm³/mol. The fourth-order valence-electron chi connectivity index (χ4n) is 1.44. The van der Waals surface area contributed by atoms with Gasteiger partial charge in [0.1, 0.15) is 6.04 Å². The van der Waals surface area contributed by atoms with Gasteiger partial charge in [0.2, 0.25) is 5.91 Å². The second-order valence-electron chi connectivity index (χ2n) is 4.14. The third kappa shape index (κ3) is 5.14. The van der Waals surface area contributed by atoms with E-state index in [9.17, 15) is 4.79 Å². The molecule has 0 saturated heterocycles. The number of hydrogen-bond donors (Lipinski definition) is 2. The van der Waals surface area contributed by atoms with E-state index in [-0.39, 0.29) is 11.9 Å². The summed E-state index contributed by atoms with van der Waals surface area (Å²) in [6.45, 7) is 4.73. The van der Waals surface area contributed by atoms with Crippen LogP contribution >= 0.6 is 38.5 Å². The van der Waals surface area contributed by atoms with Crippen LogP contribution in [0, 0.1) is 3.57 Å². The maximum absolute atomic E-state index is 11.8. The summed E-state index contributed by atoms with van der Waals surface area (Å²) in [7, 11) is 0. The van der Waals surface area contributed by atoms with Gasteiger partial charge in [-0.15, -0.1) is 0 Å². The molecule has 1 rings (SSSR count). The third-order valence-corrected chi connectivity index (χ3v) is 4.85. The van der Waals surface area contributed by atoms with E-state index in [1.165, 1.54) is 0 Å². The number of nitrogens with one attached hydrogen (secondary N) is 2. The standard InChI is InChI=1S/C13H18BrIN2O/c1-3-4-7-16-13(18)9(2)17-10-5-6-11(14)12(15)8-10/h5-6,8-9,17H,3-4,7H2,1-2H3,(H,16,18). The molecule has 0 radical (unpaired) electrons. The molecule has 1 atom stereocenters. The van der Waals surface area contributed by atoms with Crippen LogP contribution in [0.4, 0.5) is 5.69 Å². The summed E-state index contributed by atoms with van der Waals surface area (Å²) in [5.41, 5.74) is 0.959. The van der Waals surface area contributed by atoms with E-state index in [1.807, 2.05) is 25.1 Å². The average molecular weight is 425 g/mol. The molecule has 2 N–H and O–H groups in total. The van der Waals surface area contributed by atoms with Crippen LogP contribution in [0.25, 0.3) is 0 Å². The first-order chi connectivity index (χ1) is 8.54. The minimum atomic E-state index is -0.223. The van der Waals surface area contributed by atoms with Gasteiger partial charge in [0.15, 0.2) is 0 Å². The van der Waals surface area contributed by atoms with Crippen LogP contribution in [0.5, 0.6) is 0 Å². The van der Waals surface area contributed by atoms with Crippen molar-refractivity contribution in [1.29, 1.82) is 0 Å². The summed E-state index contributed by atoms with van der Waals surface area (Å²) in [5.74, 6) is 0.0429. The van der Waals surface area contributed by atoms with Crippen molar-refractivity contribution in [2.45, 2.75) is 32.7 Å². The molecular formula is C13H18BrIN2O. The molecule has 5 heteroatoms. The van der Waals surface area contributed by atoms with E-state index in [2.05, 4.69) is 56.1 Å². The second kappa shape index (κ2) is 7.99. The van der Waals surface area contributed by atoms with Gasteiger partial charge in [-0.1, -0.05) is 13.3 Å². The van der Waals surface area contributed by atoms with Crippen molar-refractivity contribution < 1.29 is 4.79 Å². The fraction of sp³-hybridized carbons (Fsp3) is 0.462. The van der Waals surface area contributed by atoms with Gasteiger partial charge < -0.3 is 10.6 Å². The monoisotopic (exact) mass is 424 g/mol. The highest BCUT2D eigenvalue weighted by Gasteiger charge is 2.11. The molecule has 0 saturated carbocycles. The molecule has 1 aromatic carbocycles. The highest BCUT2D eigenvalue weighted by Crippen LogP contribution is 2.22. The predicted octanol–water partition coefficient (Wildman–Crippen LogP) is 3.77. The van der Waals surface area contributed by atoms with Gasteiger partial charge >= 0.3 is 0 Å². The first-order valence-electron chi connectivity index (χ1n) is 6.04. The van der Waals surface area contributed by atoms with Crippen molar-refractivity contribution >= 4 is 50.1 Å². The van der Waals surface area contributed by atoms with Crippen molar-refractivity contribution in [3.05, 3.63) is 26.2 Å². The number of unbranched alkanes of at least 4 members (excludes halogenated alkanes) is 1. The van der Waals surface area contributed by atoms with E-state index in [0.717, 1.165) is 33.1 Å². The Kier molecular flexibility index (Phi) is 6.99. The lowest BCUT2D eigenvalue weighted by Gasteiger charge is -2.15. The van der Waals surface area contributed by atoms with Gasteiger partial charge in [-0.2, -0.15) is 0 Å². The van der Waals surface area contributed by atoms with Crippen LogP contribution < -0.4 is 10.6 Å². The average Bonchev–Trinajstić information content (AvgIpc) is 2.34. The molecule has 100 valence electrons. The first kappa shape index (κ1) is 15.8. The highest BCUT2D eigenvalue weighted by molar-refractivity contribution is 14.1. The summed E-state index contributed by atoms with van der Waals surface area (Å²) in [5, 5.41) is 6.12. The van der Waals surface area contributed by atoms with Crippen molar-refractivity contribution in [2.75, 3.05) is 11.9 Å². The van der Waals surface area contributed by atoms with Crippen molar-refractivity contribution in [3.8, 4) is 0 Å². The second-order valence-corrected chi connectivity index (χ2v) is 6.16. The Hall–Kier alpha value is -0.300. The molecule has 0 aliphatic carbocycles. The van der Waals surface area contributed by atoms with E-state index < -0.39 is 0 Å². The highest BCUT2D eigenvalue weighted by atomic mass is 127. The molecule has 1 unspecified atom stereocenters. The van der Waals surface area contributed by atoms with Gasteiger partial charge in [0.25, 0.3) is 0 Å². The summed E-state index contributed by atoms with van der Waals surface area (Å²) < 4.78 is 2.19. The van der Waals surface area contributed by atoms with Crippen LogP contribution in [-0.4, -0.2) is 18.5 Å². The number of carbonyl (C=O) groups is 1. The number of hydrogen-bond acceptors (Lipinski definition) is 2. The Morgan fingerprint density at radius 3 is 2.83 bits per heavy atom. The summed E-state index contributed by atoms with van der Waals surface area (Å²) >= 11 is 5.71. The number of benzene rings is 1. The largest absolute Gasteiger partial charge is 0.374 e. The molecule has 1 amide bonds. The van der Waals surface area contributed by atoms with Gasteiger partial charge in [-0.3, -0.25) is 4.79 Å². The van der Waals surface area contributed by atoms with E-state index >= 15 is 0 Å². The Bertz CT molecular complexity index is 412. The minimum absolute atomic E-state index is 0.0429. The topological polar surface area (TPSA) is 41.1 Å². The van der Waals surface area contributed by atoms with Crippen LogP contribution in [-0.2, 0) is 4.79 Å². The summed E-state index contributed by atoms with van der Waals surface area (Å²) in [4.78, 5) is 11.8. The number of anilines is 1. The van der Waals surface area contributed by atoms with Crippen molar-refractivity contribution in [2.24, 2.45) is 0 Å². The minimum Gasteiger partial charge on any atom is -0.374 e. The van der Waals surface area contributed by atoms with Crippen LogP contribution in [0.1, 0.15) is 26.7 Å². The number of halogens is 2. The molecule has 3 nitrogen and oxygen atoms in total. The Morgan fingerprint density at radius 1 is 1.50 bits per heavy atom. The van der Waals surface area contributed by atoms with Crippen LogP contribution in [0.15, 0.2) is 22.7 Å². The van der Waals surface area contributed by atoms with E-state index in [0.29, 0.717) is 0 Å². The van der Waals surface area contributed by atoms with Gasteiger partial charge in [0, 0.05) is 20.3 Å². The Balaban J connectivity index is 2.50. The molecule has 0 aliphatic rings. The fourth-order valence-corrected chi connectivity index (χ4v) is 2.20. The lowest BCUT2D eigenvalue weighted by Crippen LogP contribution is -2.37. The lowest BCUT2D eigenvalue weighted by molar-refractivity contribution is -0.121. The molecule has 1 aromatic rings. The van der Waals surface area contributed by atoms with Crippen LogP contribution in [0.2, 0.25) is 0 Å². The molecular weight excluding hydrogens is 407 g/mol. The number of rotatable bonds is 6. The molecule has 0 heterocycles. The van der Waals surface area contributed by atoms with Gasteiger partial charge in [-0.25, -0.2) is 0 Å². The zero-order chi connectivity index (χ0) is 13.5. The smallest absolute Gasteiger partial charge is 0.242 e. The van der Waals surface area contributed by atoms with Gasteiger partial charge in [-0.05, 0) is 70.1 Å². The lowest BCUT2D eigenvalue weighted by atomic mass is 10.2. The maximum Gasteiger partial charge on any atom is 0.242 e. The Morgan fingerprint density at radius 2 is 2.22 bits per heavy atom. The quantitative estimate of drug-likeness (QED) is 0.539. The van der Waals surface area contributed by atoms with E-state index in [4.69, 9.17) is 0 Å².